The van der Waals surface area contributed by atoms with Crippen molar-refractivity contribution in [2.75, 3.05) is 20.1 Å². The van der Waals surface area contributed by atoms with Crippen LogP contribution in [-0.4, -0.2) is 36.1 Å². The molecule has 22 heavy (non-hydrogen) atoms. The molecule has 3 rings (SSSR count). The van der Waals surface area contributed by atoms with Crippen molar-refractivity contribution < 1.29 is 9.66 Å². The molecule has 6 heteroatoms. The maximum absolute atomic E-state index is 11.3. The summed E-state index contributed by atoms with van der Waals surface area (Å²) in [5.41, 5.74) is 2.96. The van der Waals surface area contributed by atoms with Crippen LogP contribution in [0.1, 0.15) is 30.4 Å². The maximum atomic E-state index is 11.3. The average molecular weight is 323 g/mol. The third-order valence-electron chi connectivity index (χ3n) is 4.13. The second kappa shape index (κ2) is 5.89. The summed E-state index contributed by atoms with van der Waals surface area (Å²) in [6, 6.07) is 3.40. The fraction of sp³-hybridized carbons (Fsp3) is 0.500. The molecule has 118 valence electrons. The minimum Gasteiger partial charge on any atom is -0.483 e. The summed E-state index contributed by atoms with van der Waals surface area (Å²) in [5.74, 6) is 0.365. The van der Waals surface area contributed by atoms with E-state index in [2.05, 4.69) is 4.90 Å². The monoisotopic (exact) mass is 322 g/mol. The summed E-state index contributed by atoms with van der Waals surface area (Å²) in [5, 5.41) is 12.1. The molecule has 1 fully saturated rings. The van der Waals surface area contributed by atoms with Crippen molar-refractivity contribution in [3.63, 3.8) is 0 Å². The predicted octanol–water partition coefficient (Wildman–Crippen LogP) is 3.73. The first-order valence-corrected chi connectivity index (χ1v) is 7.85. The molecule has 0 aromatic heterocycles. The van der Waals surface area contributed by atoms with Crippen LogP contribution in [0, 0.1) is 17.0 Å². The molecule has 0 unspecified atom stereocenters. The third-order valence-corrected chi connectivity index (χ3v) is 4.47. The number of rotatable bonds is 4. The summed E-state index contributed by atoms with van der Waals surface area (Å²) < 4.78 is 5.74. The number of ether oxygens (including phenoxy) is 1. The van der Waals surface area contributed by atoms with Crippen LogP contribution in [0.25, 0.3) is 5.57 Å². The molecule has 1 saturated carbocycles. The van der Waals surface area contributed by atoms with Crippen LogP contribution in [0.4, 0.5) is 5.69 Å². The average Bonchev–Trinajstić information content (AvgIpc) is 3.25. The number of halogens is 1. The Morgan fingerprint density at radius 3 is 2.73 bits per heavy atom. The van der Waals surface area contributed by atoms with E-state index in [9.17, 15) is 10.1 Å². The highest BCUT2D eigenvalue weighted by Gasteiger charge is 2.29. The lowest BCUT2D eigenvalue weighted by molar-refractivity contribution is -0.386. The molecule has 0 amide bonds. The molecule has 0 saturated heterocycles. The van der Waals surface area contributed by atoms with E-state index < -0.39 is 0 Å². The highest BCUT2D eigenvalue weighted by Crippen LogP contribution is 2.39. The second-order valence-electron chi connectivity index (χ2n) is 6.08. The minimum absolute atomic E-state index is 0.0396. The fourth-order valence-electron chi connectivity index (χ4n) is 2.73. The van der Waals surface area contributed by atoms with E-state index in [1.165, 1.54) is 0 Å². The van der Waals surface area contributed by atoms with E-state index in [-0.39, 0.29) is 16.7 Å². The van der Waals surface area contributed by atoms with Crippen LogP contribution in [0.5, 0.6) is 5.75 Å². The van der Waals surface area contributed by atoms with E-state index in [1.807, 2.05) is 14.0 Å². The number of nitrogens with zero attached hydrogens (tertiary/aromatic N) is 2. The smallest absolute Gasteiger partial charge is 0.311 e. The zero-order valence-corrected chi connectivity index (χ0v) is 13.5. The van der Waals surface area contributed by atoms with Gasteiger partial charge in [-0.15, -0.1) is 0 Å². The number of aryl methyl sites for hydroxylation is 1. The Balaban J connectivity index is 2.04. The van der Waals surface area contributed by atoms with E-state index in [4.69, 9.17) is 16.3 Å². The lowest BCUT2D eigenvalue weighted by Gasteiger charge is -2.26. The van der Waals surface area contributed by atoms with Gasteiger partial charge in [0.05, 0.1) is 11.0 Å². The lowest BCUT2D eigenvalue weighted by atomic mass is 9.94. The van der Waals surface area contributed by atoms with Gasteiger partial charge in [-0.3, -0.25) is 10.1 Å². The van der Waals surface area contributed by atoms with Gasteiger partial charge < -0.3 is 9.64 Å². The minimum atomic E-state index is -0.376. The first-order valence-electron chi connectivity index (χ1n) is 7.48. The summed E-state index contributed by atoms with van der Waals surface area (Å²) in [6.07, 6.45) is 2.90. The van der Waals surface area contributed by atoms with Gasteiger partial charge in [0.15, 0.2) is 5.75 Å². The maximum Gasteiger partial charge on any atom is 0.311 e. The van der Waals surface area contributed by atoms with E-state index >= 15 is 0 Å². The molecular formula is C16H19ClN2O3. The molecule has 1 aromatic carbocycles. The zero-order valence-electron chi connectivity index (χ0n) is 12.8. The normalized spacial score (nSPS) is 19.4. The van der Waals surface area contributed by atoms with Crippen LogP contribution >= 0.6 is 11.6 Å². The number of benzene rings is 1. The van der Waals surface area contributed by atoms with Crippen LogP contribution in [0.2, 0.25) is 0 Å². The Morgan fingerprint density at radius 2 is 2.14 bits per heavy atom. The largest absolute Gasteiger partial charge is 0.483 e. The molecule has 1 aliphatic heterocycles. The molecule has 0 bridgehead atoms. The van der Waals surface area contributed by atoms with Crippen molar-refractivity contribution in [1.82, 2.24) is 4.90 Å². The van der Waals surface area contributed by atoms with Gasteiger partial charge in [0.2, 0.25) is 0 Å². The van der Waals surface area contributed by atoms with Crippen molar-refractivity contribution in [3.05, 3.63) is 38.4 Å². The Morgan fingerprint density at radius 1 is 1.41 bits per heavy atom. The van der Waals surface area contributed by atoms with Crippen molar-refractivity contribution >= 4 is 22.9 Å². The van der Waals surface area contributed by atoms with Gasteiger partial charge in [-0.1, -0.05) is 11.6 Å². The van der Waals surface area contributed by atoms with Gasteiger partial charge in [-0.2, -0.15) is 0 Å². The standard InChI is InChI=1S/C16H19ClN2O3/c1-10-7-15(19(20)21)16(22-11-3-4-11)8-13(10)12-5-6-18(2)9-14(12)17/h7-8,11H,3-6,9H2,1-2H3. The van der Waals surface area contributed by atoms with Gasteiger partial charge in [0, 0.05) is 24.2 Å². The van der Waals surface area contributed by atoms with Crippen molar-refractivity contribution in [2.45, 2.75) is 32.3 Å². The van der Waals surface area contributed by atoms with E-state index in [0.29, 0.717) is 12.3 Å². The van der Waals surface area contributed by atoms with Crippen molar-refractivity contribution in [3.8, 4) is 5.75 Å². The highest BCUT2D eigenvalue weighted by molar-refractivity contribution is 6.33. The Labute approximate surface area is 134 Å². The van der Waals surface area contributed by atoms with Gasteiger partial charge >= 0.3 is 5.69 Å². The van der Waals surface area contributed by atoms with Crippen LogP contribution in [0.15, 0.2) is 17.2 Å². The Bertz CT molecular complexity index is 653. The molecule has 1 aliphatic carbocycles. The van der Waals surface area contributed by atoms with Gasteiger partial charge in [0.25, 0.3) is 0 Å². The predicted molar refractivity (Wildman–Crippen MR) is 86.4 cm³/mol. The fourth-order valence-corrected chi connectivity index (χ4v) is 3.13. The van der Waals surface area contributed by atoms with E-state index in [1.54, 1.807) is 12.1 Å². The molecule has 2 aliphatic rings. The Hall–Kier alpha value is -1.59. The molecule has 0 spiro atoms. The molecule has 0 radical (unpaired) electrons. The quantitative estimate of drug-likeness (QED) is 0.626. The Kier molecular flexibility index (Phi) is 4.10. The van der Waals surface area contributed by atoms with Crippen molar-refractivity contribution in [1.29, 1.82) is 0 Å². The molecule has 0 N–H and O–H groups in total. The lowest BCUT2D eigenvalue weighted by Crippen LogP contribution is -2.26. The topological polar surface area (TPSA) is 55.6 Å². The molecular weight excluding hydrogens is 304 g/mol. The van der Waals surface area contributed by atoms with Gasteiger partial charge in [-0.25, -0.2) is 0 Å². The number of nitro groups is 1. The molecule has 1 heterocycles. The number of hydrogen-bond acceptors (Lipinski definition) is 4. The van der Waals surface area contributed by atoms with Gasteiger partial charge in [-0.05, 0) is 56.0 Å². The highest BCUT2D eigenvalue weighted by atomic mass is 35.5. The van der Waals surface area contributed by atoms with Crippen LogP contribution in [-0.2, 0) is 0 Å². The zero-order chi connectivity index (χ0) is 15.9. The first kappa shape index (κ1) is 15.3. The van der Waals surface area contributed by atoms with Gasteiger partial charge in [0.1, 0.15) is 0 Å². The second-order valence-corrected chi connectivity index (χ2v) is 6.54. The summed E-state index contributed by atoms with van der Waals surface area (Å²) in [7, 11) is 2.03. The summed E-state index contributed by atoms with van der Waals surface area (Å²) in [4.78, 5) is 13.0. The summed E-state index contributed by atoms with van der Waals surface area (Å²) in [6.45, 7) is 3.53. The molecule has 5 nitrogen and oxygen atoms in total. The van der Waals surface area contributed by atoms with E-state index in [0.717, 1.165) is 47.5 Å². The SMILES string of the molecule is Cc1cc([N+](=O)[O-])c(OC2CC2)cc1C1=C(Cl)CN(C)CC1. The van der Waals surface area contributed by atoms with Crippen molar-refractivity contribution in [2.24, 2.45) is 0 Å². The molecule has 0 atom stereocenters. The number of hydrogen-bond donors (Lipinski definition) is 0. The third kappa shape index (κ3) is 3.10. The number of nitro benzene ring substituents is 1. The van der Waals surface area contributed by atoms with Crippen LogP contribution < -0.4 is 4.74 Å². The molecule has 1 aromatic rings. The summed E-state index contributed by atoms with van der Waals surface area (Å²) >= 11 is 6.42. The number of likely N-dealkylation sites (N-methyl/N-ethyl adjacent to an activating group) is 1. The van der Waals surface area contributed by atoms with Crippen LogP contribution in [0.3, 0.4) is 0 Å². The first-order chi connectivity index (χ1) is 10.5.